The molecule has 150 valence electrons. The molecule has 2 atom stereocenters. The first-order chi connectivity index (χ1) is 13.5. The fourth-order valence-corrected chi connectivity index (χ4v) is 3.08. The second-order valence-electron chi connectivity index (χ2n) is 6.91. The summed E-state index contributed by atoms with van der Waals surface area (Å²) >= 11 is 0. The highest BCUT2D eigenvalue weighted by atomic mass is 16.2. The van der Waals surface area contributed by atoms with Crippen molar-refractivity contribution in [3.63, 3.8) is 0 Å². The summed E-state index contributed by atoms with van der Waals surface area (Å²) in [6.45, 7) is 10.1. The van der Waals surface area contributed by atoms with Gasteiger partial charge in [0.05, 0.1) is 0 Å². The van der Waals surface area contributed by atoms with Gasteiger partial charge in [0.25, 0.3) is 5.91 Å². The van der Waals surface area contributed by atoms with Crippen molar-refractivity contribution >= 4 is 23.2 Å². The zero-order valence-electron chi connectivity index (χ0n) is 17.2. The minimum absolute atomic E-state index is 0.0163. The predicted molar refractivity (Wildman–Crippen MR) is 116 cm³/mol. The number of amides is 2. The van der Waals surface area contributed by atoms with Crippen LogP contribution >= 0.6 is 0 Å². The first kappa shape index (κ1) is 21.5. The van der Waals surface area contributed by atoms with Crippen molar-refractivity contribution in [2.24, 2.45) is 5.92 Å². The molecule has 0 aromatic heterocycles. The molecule has 2 unspecified atom stereocenters. The SMILES string of the molecule is CCC(C)C(NC(=O)c1ccccc1)C(=O)Nc1ccc(N(CC)CC)cc1. The van der Waals surface area contributed by atoms with E-state index in [0.717, 1.165) is 30.9 Å². The van der Waals surface area contributed by atoms with Crippen LogP contribution in [0.5, 0.6) is 0 Å². The van der Waals surface area contributed by atoms with Gasteiger partial charge in [0.1, 0.15) is 6.04 Å². The van der Waals surface area contributed by atoms with Crippen molar-refractivity contribution in [1.29, 1.82) is 0 Å². The van der Waals surface area contributed by atoms with E-state index in [1.807, 2.05) is 56.3 Å². The molecule has 0 saturated carbocycles. The molecule has 0 bridgehead atoms. The average molecular weight is 382 g/mol. The van der Waals surface area contributed by atoms with Crippen LogP contribution in [0.2, 0.25) is 0 Å². The van der Waals surface area contributed by atoms with Crippen molar-refractivity contribution < 1.29 is 9.59 Å². The Morgan fingerprint density at radius 2 is 1.54 bits per heavy atom. The van der Waals surface area contributed by atoms with Crippen LogP contribution in [0.25, 0.3) is 0 Å². The van der Waals surface area contributed by atoms with E-state index in [0.29, 0.717) is 5.56 Å². The smallest absolute Gasteiger partial charge is 0.251 e. The van der Waals surface area contributed by atoms with E-state index in [1.165, 1.54) is 0 Å². The predicted octanol–water partition coefficient (Wildman–Crippen LogP) is 4.32. The third-order valence-corrected chi connectivity index (χ3v) is 5.08. The highest BCUT2D eigenvalue weighted by Gasteiger charge is 2.26. The summed E-state index contributed by atoms with van der Waals surface area (Å²) < 4.78 is 0. The van der Waals surface area contributed by atoms with E-state index in [4.69, 9.17) is 0 Å². The standard InChI is InChI=1S/C23H31N3O2/c1-5-17(4)21(25-22(27)18-11-9-8-10-12-18)23(28)24-19-13-15-20(16-14-19)26(6-2)7-3/h8-17,21H,5-7H2,1-4H3,(H,24,28)(H,25,27). The molecule has 0 fully saturated rings. The van der Waals surface area contributed by atoms with Gasteiger partial charge in [0.15, 0.2) is 0 Å². The molecule has 0 heterocycles. The van der Waals surface area contributed by atoms with Crippen LogP contribution < -0.4 is 15.5 Å². The Labute approximate surface area is 168 Å². The molecule has 0 aliphatic heterocycles. The lowest BCUT2D eigenvalue weighted by molar-refractivity contribution is -0.119. The maximum absolute atomic E-state index is 12.9. The molecule has 2 aromatic rings. The summed E-state index contributed by atoms with van der Waals surface area (Å²) in [5.74, 6) is -0.422. The second kappa shape index (κ2) is 10.5. The van der Waals surface area contributed by atoms with Gasteiger partial charge in [-0.1, -0.05) is 38.5 Å². The van der Waals surface area contributed by atoms with Crippen LogP contribution in [0.3, 0.4) is 0 Å². The summed E-state index contributed by atoms with van der Waals surface area (Å²) in [6.07, 6.45) is 0.786. The molecule has 2 rings (SSSR count). The molecule has 0 saturated heterocycles. The lowest BCUT2D eigenvalue weighted by Gasteiger charge is -2.24. The third-order valence-electron chi connectivity index (χ3n) is 5.08. The van der Waals surface area contributed by atoms with Gasteiger partial charge in [-0.3, -0.25) is 9.59 Å². The zero-order chi connectivity index (χ0) is 20.5. The van der Waals surface area contributed by atoms with Crippen LogP contribution in [-0.2, 0) is 4.79 Å². The highest BCUT2D eigenvalue weighted by Crippen LogP contribution is 2.19. The highest BCUT2D eigenvalue weighted by molar-refractivity contribution is 6.01. The van der Waals surface area contributed by atoms with Crippen molar-refractivity contribution in [3.05, 3.63) is 60.2 Å². The fourth-order valence-electron chi connectivity index (χ4n) is 3.08. The Morgan fingerprint density at radius 1 is 0.929 bits per heavy atom. The third kappa shape index (κ3) is 5.59. The Hall–Kier alpha value is -2.82. The quantitative estimate of drug-likeness (QED) is 0.680. The number of hydrogen-bond acceptors (Lipinski definition) is 3. The van der Waals surface area contributed by atoms with Crippen molar-refractivity contribution in [2.45, 2.75) is 40.2 Å². The number of benzene rings is 2. The van der Waals surface area contributed by atoms with Crippen molar-refractivity contribution in [2.75, 3.05) is 23.3 Å². The summed E-state index contributed by atoms with van der Waals surface area (Å²) in [6, 6.07) is 16.2. The Morgan fingerprint density at radius 3 is 2.07 bits per heavy atom. The van der Waals surface area contributed by atoms with Gasteiger partial charge in [0.2, 0.25) is 5.91 Å². The summed E-state index contributed by atoms with van der Waals surface area (Å²) in [4.78, 5) is 27.6. The number of carbonyl (C=O) groups is 2. The number of rotatable bonds is 9. The molecule has 2 amide bonds. The molecule has 0 spiro atoms. The summed E-state index contributed by atoms with van der Waals surface area (Å²) in [5, 5.41) is 5.84. The number of anilines is 2. The number of carbonyl (C=O) groups excluding carboxylic acids is 2. The van der Waals surface area contributed by atoms with Crippen LogP contribution in [0.15, 0.2) is 54.6 Å². The molecule has 5 nitrogen and oxygen atoms in total. The molecule has 2 aromatic carbocycles. The van der Waals surface area contributed by atoms with Gasteiger partial charge in [-0.2, -0.15) is 0 Å². The van der Waals surface area contributed by atoms with Crippen molar-refractivity contribution in [3.8, 4) is 0 Å². The van der Waals surface area contributed by atoms with Gasteiger partial charge < -0.3 is 15.5 Å². The average Bonchev–Trinajstić information content (AvgIpc) is 2.73. The van der Waals surface area contributed by atoms with Gasteiger partial charge in [-0.15, -0.1) is 0 Å². The zero-order valence-corrected chi connectivity index (χ0v) is 17.2. The molecular formula is C23H31N3O2. The Kier molecular flexibility index (Phi) is 8.05. The summed E-state index contributed by atoms with van der Waals surface area (Å²) in [5.41, 5.74) is 2.40. The van der Waals surface area contributed by atoms with Gasteiger partial charge >= 0.3 is 0 Å². The molecule has 0 radical (unpaired) electrons. The Bertz CT molecular complexity index is 755. The first-order valence-electron chi connectivity index (χ1n) is 10.0. The number of nitrogens with one attached hydrogen (secondary N) is 2. The van der Waals surface area contributed by atoms with E-state index in [9.17, 15) is 9.59 Å². The lowest BCUT2D eigenvalue weighted by atomic mass is 9.97. The molecule has 28 heavy (non-hydrogen) atoms. The topological polar surface area (TPSA) is 61.4 Å². The van der Waals surface area contributed by atoms with E-state index in [-0.39, 0.29) is 17.7 Å². The number of nitrogens with zero attached hydrogens (tertiary/aromatic N) is 1. The van der Waals surface area contributed by atoms with E-state index in [1.54, 1.807) is 12.1 Å². The van der Waals surface area contributed by atoms with Gasteiger partial charge in [0, 0.05) is 30.0 Å². The molecular weight excluding hydrogens is 350 g/mol. The molecule has 0 aliphatic rings. The first-order valence-corrected chi connectivity index (χ1v) is 10.0. The van der Waals surface area contributed by atoms with Crippen LogP contribution in [0.4, 0.5) is 11.4 Å². The largest absolute Gasteiger partial charge is 0.372 e. The maximum Gasteiger partial charge on any atom is 0.251 e. The van der Waals surface area contributed by atoms with E-state index in [2.05, 4.69) is 29.4 Å². The number of hydrogen-bond donors (Lipinski definition) is 2. The normalized spacial score (nSPS) is 12.7. The van der Waals surface area contributed by atoms with E-state index >= 15 is 0 Å². The molecule has 5 heteroatoms. The fraction of sp³-hybridized carbons (Fsp3) is 0.391. The van der Waals surface area contributed by atoms with Crippen LogP contribution in [0, 0.1) is 5.92 Å². The maximum atomic E-state index is 12.9. The molecule has 0 aliphatic carbocycles. The van der Waals surface area contributed by atoms with Gasteiger partial charge in [-0.25, -0.2) is 0 Å². The minimum atomic E-state index is -0.597. The van der Waals surface area contributed by atoms with Crippen LogP contribution in [-0.4, -0.2) is 30.9 Å². The van der Waals surface area contributed by atoms with Crippen LogP contribution in [0.1, 0.15) is 44.5 Å². The molecule has 2 N–H and O–H groups in total. The monoisotopic (exact) mass is 381 g/mol. The minimum Gasteiger partial charge on any atom is -0.372 e. The van der Waals surface area contributed by atoms with Crippen molar-refractivity contribution in [1.82, 2.24) is 5.32 Å². The summed E-state index contributed by atoms with van der Waals surface area (Å²) in [7, 11) is 0. The lowest BCUT2D eigenvalue weighted by Crippen LogP contribution is -2.47. The second-order valence-corrected chi connectivity index (χ2v) is 6.91. The van der Waals surface area contributed by atoms with E-state index < -0.39 is 6.04 Å². The van der Waals surface area contributed by atoms with Gasteiger partial charge in [-0.05, 0) is 56.2 Å². The Balaban J connectivity index is 2.09.